The number of carbonyl (C=O) groups is 4. The normalized spacial score (nSPS) is 32.5. The Kier molecular flexibility index (Phi) is 14.6. The number of fused-ring (bicyclic) bond motifs is 1. The molecule has 7 aliphatic rings. The molecule has 1 heterocycles. The summed E-state index contributed by atoms with van der Waals surface area (Å²) in [5.41, 5.74) is -1.53. The van der Waals surface area contributed by atoms with Crippen LogP contribution in [-0.2, 0) is 33.4 Å². The van der Waals surface area contributed by atoms with Gasteiger partial charge >= 0.3 is 23.8 Å². The Hall–Kier alpha value is -0.736. The quantitative estimate of drug-likeness (QED) is 0.0953. The van der Waals surface area contributed by atoms with Crippen LogP contribution in [0.1, 0.15) is 58.3 Å². The third kappa shape index (κ3) is 9.58. The molecule has 8 nitrogen and oxygen atoms in total. The van der Waals surface area contributed by atoms with Crippen LogP contribution in [0.25, 0.3) is 0 Å². The molecule has 8 atom stereocenters. The minimum Gasteiger partial charge on any atom is -0.461 e. The molecule has 6 saturated carbocycles. The molecular weight excluding hydrogens is 693 g/mol. The second-order valence-electron chi connectivity index (χ2n) is 17.5. The molecule has 7 rings (SSSR count). The molecule has 0 aromatic rings. The van der Waals surface area contributed by atoms with Crippen LogP contribution in [0.4, 0.5) is 8.78 Å². The summed E-state index contributed by atoms with van der Waals surface area (Å²) in [6.45, 7) is -0.0875. The summed E-state index contributed by atoms with van der Waals surface area (Å²) >= 11 is 0. The molecule has 7 fully saturated rings. The van der Waals surface area contributed by atoms with E-state index in [1.54, 1.807) is 0 Å². The third-order valence-corrected chi connectivity index (χ3v) is 13.4. The largest absolute Gasteiger partial charge is 0.461 e. The molecule has 6 aliphatic carbocycles. The molecule has 0 aromatic heterocycles. The first-order valence-electron chi connectivity index (χ1n) is 19.3. The Morgan fingerprint density at radius 3 is 1.84 bits per heavy atom. The summed E-state index contributed by atoms with van der Waals surface area (Å²) in [5.74, 6) is -9.28. The molecule has 8 unspecified atom stereocenters. The van der Waals surface area contributed by atoms with Crippen molar-refractivity contribution < 1.29 is 47.3 Å². The van der Waals surface area contributed by atoms with E-state index >= 15 is 0 Å². The molecule has 56 heavy (non-hydrogen) atoms. The molecule has 1 saturated heterocycles. The summed E-state index contributed by atoms with van der Waals surface area (Å²) in [6.07, 6.45) is -3.19. The first kappa shape index (κ1) is 46.3. The van der Waals surface area contributed by atoms with Crippen molar-refractivity contribution >= 4 is 173 Å². The van der Waals surface area contributed by atoms with E-state index in [2.05, 4.69) is 0 Å². The van der Waals surface area contributed by atoms with E-state index in [0.717, 1.165) is 19.3 Å². The summed E-state index contributed by atoms with van der Waals surface area (Å²) in [6, 6.07) is 0. The number of aliphatic hydroxyl groups is 1. The molecular formula is C25H30B21F2O8. The number of carbonyl (C=O) groups excluding carboxylic acids is 4. The first-order chi connectivity index (χ1) is 25.9. The predicted molar refractivity (Wildman–Crippen MR) is 232 cm³/mol. The van der Waals surface area contributed by atoms with Crippen molar-refractivity contribution in [1.29, 1.82) is 0 Å². The molecule has 23 radical (unpaired) electrons. The smallest absolute Gasteiger partial charge is 0.344 e. The Morgan fingerprint density at radius 1 is 0.857 bits per heavy atom. The van der Waals surface area contributed by atoms with Gasteiger partial charge < -0.3 is 19.3 Å². The van der Waals surface area contributed by atoms with E-state index in [4.69, 9.17) is 99.3 Å². The van der Waals surface area contributed by atoms with Crippen molar-refractivity contribution in [2.24, 2.45) is 41.4 Å². The van der Waals surface area contributed by atoms with Gasteiger partial charge in [-0.3, -0.25) is 14.4 Å². The van der Waals surface area contributed by atoms with Gasteiger partial charge in [0.25, 0.3) is 0 Å². The molecule has 6 bridgehead atoms. The lowest BCUT2D eigenvalue weighted by Gasteiger charge is -2.59. The fraction of sp³-hybridized carbons (Fsp3) is 0.840. The molecule has 255 valence electrons. The minimum absolute atomic E-state index is 0.312. The van der Waals surface area contributed by atoms with Gasteiger partial charge in [0.2, 0.25) is 5.78 Å². The topological polar surface area (TPSA) is 116 Å². The fourth-order valence-electron chi connectivity index (χ4n) is 11.7. The zero-order valence-electron chi connectivity index (χ0n) is 31.7. The molecule has 0 spiro atoms. The second kappa shape index (κ2) is 17.7. The van der Waals surface area contributed by atoms with Crippen LogP contribution in [0.3, 0.4) is 0 Å². The number of halogens is 2. The van der Waals surface area contributed by atoms with Crippen molar-refractivity contribution in [3.8, 4) is 0 Å². The number of ether oxygens (including phenoxy) is 3. The highest BCUT2D eigenvalue weighted by molar-refractivity contribution is 8.20. The number of ketones is 1. The van der Waals surface area contributed by atoms with Crippen LogP contribution in [0.2, 0.25) is 0 Å². The van der Waals surface area contributed by atoms with Gasteiger partial charge in [-0.05, 0) is 56.3 Å². The maximum Gasteiger partial charge on any atom is 0.344 e. The van der Waals surface area contributed by atoms with Crippen LogP contribution in [0.15, 0.2) is 0 Å². The lowest BCUT2D eigenvalue weighted by Crippen LogP contribution is -2.81. The summed E-state index contributed by atoms with van der Waals surface area (Å²) in [4.78, 5) is 50.1. The highest BCUT2D eigenvalue weighted by atomic mass is 19.3. The van der Waals surface area contributed by atoms with E-state index in [1.807, 2.05) is 0 Å². The van der Waals surface area contributed by atoms with Gasteiger partial charge in [0.1, 0.15) is 11.7 Å². The monoisotopic (exact) mass is 727 g/mol. The number of rotatable bonds is 16. The van der Waals surface area contributed by atoms with E-state index in [0.29, 0.717) is 44.4 Å². The number of hydrogen-bond acceptors (Lipinski definition) is 8. The summed E-state index contributed by atoms with van der Waals surface area (Å²) < 4.78 is 43.5. The lowest BCUT2D eigenvalue weighted by atomic mass is 8.38. The average molecular weight is 724 g/mol. The van der Waals surface area contributed by atoms with Crippen molar-refractivity contribution in [2.75, 3.05) is 6.61 Å². The number of esters is 3. The van der Waals surface area contributed by atoms with Gasteiger partial charge in [-0.1, -0.05) is 0 Å². The maximum absolute atomic E-state index is 13.5. The van der Waals surface area contributed by atoms with E-state index in [1.165, 1.54) is 7.06 Å². The van der Waals surface area contributed by atoms with Gasteiger partial charge in [-0.2, -0.15) is 8.78 Å². The lowest BCUT2D eigenvalue weighted by molar-refractivity contribution is -0.222. The minimum atomic E-state index is -3.51. The van der Waals surface area contributed by atoms with Crippen molar-refractivity contribution in [3.63, 3.8) is 0 Å². The van der Waals surface area contributed by atoms with Crippen LogP contribution >= 0.6 is 0 Å². The highest BCUT2D eigenvalue weighted by Gasteiger charge is 2.69. The van der Waals surface area contributed by atoms with Crippen LogP contribution < -0.4 is 0 Å². The molecule has 31 heteroatoms. The third-order valence-electron chi connectivity index (χ3n) is 13.4. The highest BCUT2D eigenvalue weighted by Crippen LogP contribution is 2.62. The van der Waals surface area contributed by atoms with Crippen LogP contribution in [0, 0.1) is 41.4 Å². The van der Waals surface area contributed by atoms with Crippen molar-refractivity contribution in [3.05, 3.63) is 0 Å². The Morgan fingerprint density at radius 2 is 1.39 bits per heavy atom. The molecule has 1 N–H and O–H groups in total. The zero-order valence-corrected chi connectivity index (χ0v) is 31.7. The number of alkyl halides is 2. The van der Waals surface area contributed by atoms with Gasteiger partial charge in [0, 0.05) is 181 Å². The first-order valence-corrected chi connectivity index (χ1v) is 19.3. The van der Waals surface area contributed by atoms with Crippen molar-refractivity contribution in [2.45, 2.75) is 81.5 Å². The average Bonchev–Trinajstić information content (AvgIpc) is 3.66. The van der Waals surface area contributed by atoms with Gasteiger partial charge in [0.15, 0.2) is 6.61 Å². The Balaban J connectivity index is 0.000000248. The fourth-order valence-corrected chi connectivity index (χ4v) is 11.7. The van der Waals surface area contributed by atoms with Crippen LogP contribution in [0.5, 0.6) is 0 Å². The summed E-state index contributed by atoms with van der Waals surface area (Å²) in [5, 5.41) is 10.8. The maximum atomic E-state index is 13.5. The van der Waals surface area contributed by atoms with Crippen molar-refractivity contribution in [1.82, 2.24) is 0 Å². The van der Waals surface area contributed by atoms with Gasteiger partial charge in [-0.25, -0.2) is 4.79 Å². The van der Waals surface area contributed by atoms with E-state index in [9.17, 15) is 33.1 Å². The molecule has 0 amide bonds. The second-order valence-corrected chi connectivity index (χ2v) is 17.5. The Bertz CT molecular complexity index is 1430. The van der Waals surface area contributed by atoms with Gasteiger partial charge in [-0.15, -0.1) is 0 Å². The summed E-state index contributed by atoms with van der Waals surface area (Å²) in [7, 11) is 64.8. The van der Waals surface area contributed by atoms with Gasteiger partial charge in [0.05, 0.1) is 17.4 Å². The Labute approximate surface area is 348 Å². The SMILES string of the molecule is CC(F)(F)C(=O)CC1C2CC3C1OC(=O)C3C2C(=O)OCC(=O)OC12CC3CC(CC(O)(C3)C1)C2.[B][B]B(B([B])[B])B(B(B([B])[B])B([B])[B])B(B([B])[B])B([B])[B]. The molecule has 0 aromatic carbocycles. The van der Waals surface area contributed by atoms with Crippen LogP contribution in [-0.4, -0.2) is 208 Å². The standard InChI is InChI=1S/C25H30F2O8.B21/c1-23(26,27)16(28)4-14-13-3-15-19(22(31)34-20(14)15)18(13)21(30)33-9-17(29)35-25-7-11-2-12(8-25)6-24(32,5-11)10-25;1-12-18(13(2)3)21(19(14(4)5)15(6)7)20(16(8)9)17(10)11/h11-15,18-20,32H,2-10H2,1H3;. The number of Topliss-reactive ketones (excluding diaryl/α,β-unsaturated/α-hetero) is 1. The van der Waals surface area contributed by atoms with E-state index in [-0.39, 0.29) is 5.92 Å². The van der Waals surface area contributed by atoms with E-state index < -0.39 is 141 Å². The zero-order chi connectivity index (χ0) is 41.8. The predicted octanol–water partition coefficient (Wildman–Crippen LogP) is -5.80. The number of hydrogen-bond donors (Lipinski definition) is 1. The molecule has 1 aliphatic heterocycles.